The number of hydrogen-bond donors (Lipinski definition) is 1. The van der Waals surface area contributed by atoms with E-state index in [2.05, 4.69) is 13.8 Å². The average Bonchev–Trinajstić information content (AvgIpc) is 2.86. The van der Waals surface area contributed by atoms with Gasteiger partial charge in [0.2, 0.25) is 0 Å². The third-order valence-electron chi connectivity index (χ3n) is 8.26. The largest absolute Gasteiger partial charge is 0.386 e. The number of aliphatic hydroxyl groups is 1. The van der Waals surface area contributed by atoms with E-state index in [0.29, 0.717) is 18.3 Å². The Kier molecular flexibility index (Phi) is 3.88. The maximum absolute atomic E-state index is 12.8. The second-order valence-corrected chi connectivity index (χ2v) is 9.22. The lowest BCUT2D eigenvalue weighted by molar-refractivity contribution is -0.144. The van der Waals surface area contributed by atoms with E-state index in [1.165, 1.54) is 11.1 Å². The molecule has 25 heavy (non-hydrogen) atoms. The van der Waals surface area contributed by atoms with Crippen molar-refractivity contribution in [3.05, 3.63) is 22.8 Å². The SMILES string of the molecule is CC(O)C(=O)[C@@]1(C)CCC2C3CCC4=CC(=O)CCC4=C3CC[C@@]21C. The summed E-state index contributed by atoms with van der Waals surface area (Å²) in [5, 5.41) is 9.96. The summed E-state index contributed by atoms with van der Waals surface area (Å²) in [5.41, 5.74) is 3.96. The minimum Gasteiger partial charge on any atom is -0.386 e. The standard InChI is InChI=1S/C22H30O3/c1-13(23)20(25)22(3)11-9-19-18-6-4-14-12-15(24)5-7-16(14)17(18)8-10-21(19,22)2/h12-13,18-19,23H,4-11H2,1-3H3/t13?,18?,19?,21-,22+/m0/s1. The number of carbonyl (C=O) groups excluding carboxylic acids is 2. The van der Waals surface area contributed by atoms with Gasteiger partial charge >= 0.3 is 0 Å². The van der Waals surface area contributed by atoms with E-state index in [4.69, 9.17) is 0 Å². The summed E-state index contributed by atoms with van der Waals surface area (Å²) in [5.74, 6) is 1.43. The molecule has 0 spiro atoms. The molecule has 2 fully saturated rings. The van der Waals surface area contributed by atoms with Gasteiger partial charge in [0.15, 0.2) is 11.6 Å². The van der Waals surface area contributed by atoms with Gasteiger partial charge in [-0.1, -0.05) is 19.4 Å². The Morgan fingerprint density at radius 1 is 1.16 bits per heavy atom. The second-order valence-electron chi connectivity index (χ2n) is 9.22. The average molecular weight is 342 g/mol. The van der Waals surface area contributed by atoms with Crippen LogP contribution in [0.1, 0.15) is 72.1 Å². The van der Waals surface area contributed by atoms with Crippen LogP contribution < -0.4 is 0 Å². The summed E-state index contributed by atoms with van der Waals surface area (Å²) >= 11 is 0. The molecule has 0 saturated heterocycles. The van der Waals surface area contributed by atoms with E-state index in [9.17, 15) is 14.7 Å². The highest BCUT2D eigenvalue weighted by Gasteiger charge is 2.62. The normalized spacial score (nSPS) is 41.6. The zero-order valence-electron chi connectivity index (χ0n) is 15.7. The zero-order valence-corrected chi connectivity index (χ0v) is 15.7. The molecular weight excluding hydrogens is 312 g/mol. The highest BCUT2D eigenvalue weighted by atomic mass is 16.3. The van der Waals surface area contributed by atoms with Crippen LogP contribution in [0.3, 0.4) is 0 Å². The fourth-order valence-corrected chi connectivity index (χ4v) is 6.67. The van der Waals surface area contributed by atoms with Gasteiger partial charge in [-0.15, -0.1) is 0 Å². The molecule has 136 valence electrons. The quantitative estimate of drug-likeness (QED) is 0.820. The molecule has 3 nitrogen and oxygen atoms in total. The first-order valence-electron chi connectivity index (χ1n) is 9.96. The molecule has 1 N–H and O–H groups in total. The van der Waals surface area contributed by atoms with Crippen molar-refractivity contribution in [1.82, 2.24) is 0 Å². The van der Waals surface area contributed by atoms with Gasteiger partial charge < -0.3 is 5.11 Å². The molecule has 4 rings (SSSR count). The van der Waals surface area contributed by atoms with Crippen LogP contribution in [0.4, 0.5) is 0 Å². The van der Waals surface area contributed by atoms with Crippen molar-refractivity contribution in [3.63, 3.8) is 0 Å². The lowest BCUT2D eigenvalue weighted by Gasteiger charge is -2.52. The molecule has 0 aromatic carbocycles. The summed E-state index contributed by atoms with van der Waals surface area (Å²) in [6, 6.07) is 0. The van der Waals surface area contributed by atoms with E-state index < -0.39 is 11.5 Å². The van der Waals surface area contributed by atoms with Gasteiger partial charge in [0.25, 0.3) is 0 Å². The van der Waals surface area contributed by atoms with Gasteiger partial charge in [0.1, 0.15) is 6.10 Å². The topological polar surface area (TPSA) is 54.4 Å². The highest BCUT2D eigenvalue weighted by molar-refractivity contribution is 5.93. The van der Waals surface area contributed by atoms with Gasteiger partial charge in [0.05, 0.1) is 0 Å². The van der Waals surface area contributed by atoms with E-state index >= 15 is 0 Å². The minimum atomic E-state index is -0.870. The molecular formula is C22H30O3. The first-order valence-corrected chi connectivity index (χ1v) is 9.96. The van der Waals surface area contributed by atoms with E-state index in [-0.39, 0.29) is 17.0 Å². The van der Waals surface area contributed by atoms with Crippen LogP contribution in [0.15, 0.2) is 22.8 Å². The fourth-order valence-electron chi connectivity index (χ4n) is 6.67. The van der Waals surface area contributed by atoms with Gasteiger partial charge in [-0.3, -0.25) is 9.59 Å². The van der Waals surface area contributed by atoms with Crippen molar-refractivity contribution < 1.29 is 14.7 Å². The van der Waals surface area contributed by atoms with Crippen molar-refractivity contribution in [2.45, 2.75) is 78.2 Å². The van der Waals surface area contributed by atoms with Gasteiger partial charge in [-0.25, -0.2) is 0 Å². The molecule has 0 radical (unpaired) electrons. The monoisotopic (exact) mass is 342 g/mol. The van der Waals surface area contributed by atoms with Crippen LogP contribution in [-0.2, 0) is 9.59 Å². The maximum Gasteiger partial charge on any atom is 0.167 e. The Hall–Kier alpha value is -1.22. The first-order chi connectivity index (χ1) is 11.8. The molecule has 0 aliphatic heterocycles. The van der Waals surface area contributed by atoms with Crippen LogP contribution in [0, 0.1) is 22.7 Å². The van der Waals surface area contributed by atoms with Crippen LogP contribution >= 0.6 is 0 Å². The molecule has 2 saturated carbocycles. The summed E-state index contributed by atoms with van der Waals surface area (Å²) < 4.78 is 0. The van der Waals surface area contributed by atoms with Crippen LogP contribution in [-0.4, -0.2) is 22.8 Å². The number of hydrogen-bond acceptors (Lipinski definition) is 3. The highest BCUT2D eigenvalue weighted by Crippen LogP contribution is 2.67. The first kappa shape index (κ1) is 17.2. The number of aliphatic hydroxyl groups excluding tert-OH is 1. The Morgan fingerprint density at radius 2 is 1.92 bits per heavy atom. The summed E-state index contributed by atoms with van der Waals surface area (Å²) in [7, 11) is 0. The van der Waals surface area contributed by atoms with E-state index in [1.807, 2.05) is 6.08 Å². The molecule has 3 heteroatoms. The molecule has 3 unspecified atom stereocenters. The summed E-state index contributed by atoms with van der Waals surface area (Å²) in [4.78, 5) is 24.6. The molecule has 5 atom stereocenters. The van der Waals surface area contributed by atoms with Crippen molar-refractivity contribution in [3.8, 4) is 0 Å². The number of allylic oxidation sites excluding steroid dienone is 4. The summed E-state index contributed by atoms with van der Waals surface area (Å²) in [6.07, 6.45) is 8.82. The number of ketones is 2. The van der Waals surface area contributed by atoms with Crippen LogP contribution in [0.2, 0.25) is 0 Å². The lowest BCUT2D eigenvalue weighted by atomic mass is 9.51. The Morgan fingerprint density at radius 3 is 2.64 bits per heavy atom. The third kappa shape index (κ3) is 2.27. The molecule has 0 bridgehead atoms. The van der Waals surface area contributed by atoms with Crippen molar-refractivity contribution in [2.75, 3.05) is 0 Å². The molecule has 0 heterocycles. The number of Topliss-reactive ketones (excluding diaryl/α,β-unsaturated/α-hetero) is 1. The van der Waals surface area contributed by atoms with E-state index in [0.717, 1.165) is 44.9 Å². The Labute approximate surface area is 150 Å². The van der Waals surface area contributed by atoms with Crippen LogP contribution in [0.25, 0.3) is 0 Å². The molecule has 0 aromatic heterocycles. The molecule has 0 amide bonds. The minimum absolute atomic E-state index is 0.0124. The number of carbonyl (C=O) groups is 2. The Bertz CT molecular complexity index is 698. The van der Waals surface area contributed by atoms with E-state index in [1.54, 1.807) is 12.5 Å². The van der Waals surface area contributed by atoms with Crippen molar-refractivity contribution in [1.29, 1.82) is 0 Å². The molecule has 4 aliphatic rings. The zero-order chi connectivity index (χ0) is 18.0. The summed E-state index contributed by atoms with van der Waals surface area (Å²) in [6.45, 7) is 6.03. The Balaban J connectivity index is 1.72. The maximum atomic E-state index is 12.8. The molecule has 0 aromatic rings. The number of fused-ring (bicyclic) bond motifs is 4. The fraction of sp³-hybridized carbons (Fsp3) is 0.727. The van der Waals surface area contributed by atoms with Gasteiger partial charge in [0, 0.05) is 11.8 Å². The third-order valence-corrected chi connectivity index (χ3v) is 8.26. The van der Waals surface area contributed by atoms with Crippen molar-refractivity contribution >= 4 is 11.6 Å². The van der Waals surface area contributed by atoms with Crippen molar-refractivity contribution in [2.24, 2.45) is 22.7 Å². The predicted octanol–water partition coefficient (Wildman–Crippen LogP) is 4.15. The van der Waals surface area contributed by atoms with Gasteiger partial charge in [-0.2, -0.15) is 0 Å². The second kappa shape index (κ2) is 5.64. The predicted molar refractivity (Wildman–Crippen MR) is 96.9 cm³/mol. The van der Waals surface area contributed by atoms with Gasteiger partial charge in [-0.05, 0) is 86.3 Å². The smallest absolute Gasteiger partial charge is 0.167 e. The lowest BCUT2D eigenvalue weighted by Crippen LogP contribution is -2.50. The number of rotatable bonds is 2. The molecule has 4 aliphatic carbocycles. The van der Waals surface area contributed by atoms with Crippen LogP contribution in [0.5, 0.6) is 0 Å².